The molecule has 2 aromatic heterocycles. The average Bonchev–Trinajstić information content (AvgIpc) is 3.22. The van der Waals surface area contributed by atoms with Gasteiger partial charge in [0.2, 0.25) is 5.91 Å². The number of nitrogens with zero attached hydrogens (tertiary/aromatic N) is 2. The van der Waals surface area contributed by atoms with Gasteiger partial charge >= 0.3 is 0 Å². The number of hydrogen-bond donors (Lipinski definition) is 2. The van der Waals surface area contributed by atoms with Crippen LogP contribution in [-0.4, -0.2) is 21.0 Å². The number of rotatable bonds is 4. The molecule has 0 aliphatic heterocycles. The summed E-state index contributed by atoms with van der Waals surface area (Å²) in [4.78, 5) is 19.8. The lowest BCUT2D eigenvalue weighted by molar-refractivity contribution is -0.115. The monoisotopic (exact) mass is 332 g/mol. The summed E-state index contributed by atoms with van der Waals surface area (Å²) in [7, 11) is 0. The van der Waals surface area contributed by atoms with Crippen LogP contribution in [0.4, 0.5) is 5.69 Å². The molecule has 2 heterocycles. The van der Waals surface area contributed by atoms with Crippen molar-refractivity contribution in [3.8, 4) is 11.5 Å². The lowest BCUT2D eigenvalue weighted by Gasteiger charge is -2.06. The van der Waals surface area contributed by atoms with Crippen LogP contribution in [-0.2, 0) is 11.2 Å². The number of carbonyl (C=O) groups is 1. The number of fused-ring (bicyclic) bond motifs is 1. The van der Waals surface area contributed by atoms with Gasteiger partial charge in [-0.05, 0) is 36.8 Å². The van der Waals surface area contributed by atoms with Crippen molar-refractivity contribution in [1.29, 1.82) is 0 Å². The second-order valence-electron chi connectivity index (χ2n) is 5.81. The van der Waals surface area contributed by atoms with E-state index in [4.69, 9.17) is 4.52 Å². The van der Waals surface area contributed by atoms with Crippen molar-refractivity contribution in [1.82, 2.24) is 15.1 Å². The Hall–Kier alpha value is -3.41. The smallest absolute Gasteiger partial charge is 0.257 e. The minimum Gasteiger partial charge on any atom is -0.361 e. The molecule has 0 saturated heterocycles. The van der Waals surface area contributed by atoms with Gasteiger partial charge in [-0.15, -0.1) is 0 Å². The quantitative estimate of drug-likeness (QED) is 0.597. The zero-order valence-corrected chi connectivity index (χ0v) is 13.6. The van der Waals surface area contributed by atoms with Crippen molar-refractivity contribution < 1.29 is 9.32 Å². The summed E-state index contributed by atoms with van der Waals surface area (Å²) in [5, 5.41) is 7.77. The van der Waals surface area contributed by atoms with Gasteiger partial charge in [0.15, 0.2) is 5.82 Å². The van der Waals surface area contributed by atoms with Crippen LogP contribution in [0.5, 0.6) is 0 Å². The van der Waals surface area contributed by atoms with Crippen molar-refractivity contribution in [3.05, 3.63) is 66.1 Å². The van der Waals surface area contributed by atoms with Gasteiger partial charge in [-0.3, -0.25) is 4.79 Å². The molecule has 4 aromatic rings. The highest BCUT2D eigenvalue weighted by Gasteiger charge is 2.11. The molecular formula is C19H16N4O2. The Kier molecular flexibility index (Phi) is 3.78. The first-order chi connectivity index (χ1) is 12.2. The molecule has 0 aliphatic carbocycles. The standard InChI is InChI=1S/C19H16N4O2/c1-12-21-19(25-23-12)13-5-4-6-15(9-13)22-18(24)10-14-11-20-17-8-3-2-7-16(14)17/h2-9,11,20H,10H2,1H3,(H,22,24). The molecule has 25 heavy (non-hydrogen) atoms. The second-order valence-corrected chi connectivity index (χ2v) is 5.81. The van der Waals surface area contributed by atoms with Crippen LogP contribution in [0.2, 0.25) is 0 Å². The van der Waals surface area contributed by atoms with E-state index in [2.05, 4.69) is 20.4 Å². The normalized spacial score (nSPS) is 10.9. The molecule has 1 amide bonds. The first-order valence-electron chi connectivity index (χ1n) is 7.94. The SMILES string of the molecule is Cc1noc(-c2cccc(NC(=O)Cc3c[nH]c4ccccc34)c2)n1. The predicted molar refractivity (Wildman–Crippen MR) is 95.1 cm³/mol. The predicted octanol–water partition coefficient (Wildman–Crippen LogP) is 3.71. The van der Waals surface area contributed by atoms with Gasteiger partial charge in [-0.2, -0.15) is 4.98 Å². The van der Waals surface area contributed by atoms with Crippen molar-refractivity contribution >= 4 is 22.5 Å². The molecule has 0 radical (unpaired) electrons. The fraction of sp³-hybridized carbons (Fsp3) is 0.105. The summed E-state index contributed by atoms with van der Waals surface area (Å²) in [5.41, 5.74) is 3.46. The Labute approximate surface area is 143 Å². The molecule has 2 N–H and O–H groups in total. The van der Waals surface area contributed by atoms with Crippen LogP contribution in [0.15, 0.2) is 59.3 Å². The van der Waals surface area contributed by atoms with E-state index in [0.29, 0.717) is 23.8 Å². The van der Waals surface area contributed by atoms with E-state index in [1.165, 1.54) is 0 Å². The number of amides is 1. The number of benzene rings is 2. The summed E-state index contributed by atoms with van der Waals surface area (Å²) < 4.78 is 5.17. The van der Waals surface area contributed by atoms with Crippen LogP contribution in [0.1, 0.15) is 11.4 Å². The van der Waals surface area contributed by atoms with Gasteiger partial charge in [0, 0.05) is 28.4 Å². The van der Waals surface area contributed by atoms with E-state index in [1.807, 2.05) is 54.7 Å². The molecule has 4 rings (SSSR count). The molecule has 0 spiro atoms. The lowest BCUT2D eigenvalue weighted by atomic mass is 10.1. The molecule has 124 valence electrons. The van der Waals surface area contributed by atoms with Gasteiger partial charge in [-0.1, -0.05) is 29.4 Å². The number of anilines is 1. The highest BCUT2D eigenvalue weighted by Crippen LogP contribution is 2.22. The number of nitrogens with one attached hydrogen (secondary N) is 2. The Morgan fingerprint density at radius 1 is 1.20 bits per heavy atom. The average molecular weight is 332 g/mol. The Morgan fingerprint density at radius 2 is 2.08 bits per heavy atom. The number of aryl methyl sites for hydroxylation is 1. The van der Waals surface area contributed by atoms with Crippen LogP contribution < -0.4 is 5.32 Å². The van der Waals surface area contributed by atoms with Gasteiger partial charge in [-0.25, -0.2) is 0 Å². The zero-order valence-electron chi connectivity index (χ0n) is 13.6. The third-order valence-electron chi connectivity index (χ3n) is 3.95. The Bertz CT molecular complexity index is 1050. The van der Waals surface area contributed by atoms with Gasteiger partial charge in [0.1, 0.15) is 0 Å². The maximum atomic E-state index is 12.4. The van der Waals surface area contributed by atoms with Crippen molar-refractivity contribution in [3.63, 3.8) is 0 Å². The molecule has 2 aromatic carbocycles. The maximum absolute atomic E-state index is 12.4. The summed E-state index contributed by atoms with van der Waals surface area (Å²) >= 11 is 0. The fourth-order valence-corrected chi connectivity index (χ4v) is 2.80. The minimum atomic E-state index is -0.0800. The topological polar surface area (TPSA) is 83.8 Å². The zero-order chi connectivity index (χ0) is 17.2. The summed E-state index contributed by atoms with van der Waals surface area (Å²) in [6.45, 7) is 1.76. The molecule has 6 heteroatoms. The summed E-state index contributed by atoms with van der Waals surface area (Å²) in [6.07, 6.45) is 2.18. The van der Waals surface area contributed by atoms with Crippen molar-refractivity contribution in [2.24, 2.45) is 0 Å². The van der Waals surface area contributed by atoms with E-state index in [1.54, 1.807) is 6.92 Å². The van der Waals surface area contributed by atoms with Crippen LogP contribution in [0.3, 0.4) is 0 Å². The molecule has 0 atom stereocenters. The van der Waals surface area contributed by atoms with Crippen LogP contribution in [0, 0.1) is 6.92 Å². The van der Waals surface area contributed by atoms with E-state index in [9.17, 15) is 4.79 Å². The van der Waals surface area contributed by atoms with E-state index >= 15 is 0 Å². The number of para-hydroxylation sites is 1. The maximum Gasteiger partial charge on any atom is 0.257 e. The minimum absolute atomic E-state index is 0.0800. The third-order valence-corrected chi connectivity index (χ3v) is 3.95. The summed E-state index contributed by atoms with van der Waals surface area (Å²) in [5.74, 6) is 0.928. The fourth-order valence-electron chi connectivity index (χ4n) is 2.80. The molecule has 0 unspecified atom stereocenters. The first-order valence-corrected chi connectivity index (χ1v) is 7.94. The number of carbonyl (C=O) groups excluding carboxylic acids is 1. The Morgan fingerprint density at radius 3 is 2.92 bits per heavy atom. The number of H-pyrrole nitrogens is 1. The molecule has 0 bridgehead atoms. The molecule has 0 saturated carbocycles. The Balaban J connectivity index is 1.51. The number of hydrogen-bond acceptors (Lipinski definition) is 4. The van der Waals surface area contributed by atoms with Crippen LogP contribution in [0.25, 0.3) is 22.4 Å². The number of aromatic amines is 1. The van der Waals surface area contributed by atoms with Crippen molar-refractivity contribution in [2.75, 3.05) is 5.32 Å². The first kappa shape index (κ1) is 15.1. The van der Waals surface area contributed by atoms with E-state index < -0.39 is 0 Å². The molecule has 6 nitrogen and oxygen atoms in total. The molecule has 0 fully saturated rings. The van der Waals surface area contributed by atoms with Crippen LogP contribution >= 0.6 is 0 Å². The second kappa shape index (κ2) is 6.24. The van der Waals surface area contributed by atoms with E-state index in [0.717, 1.165) is 22.0 Å². The highest BCUT2D eigenvalue weighted by molar-refractivity contribution is 5.96. The third kappa shape index (κ3) is 3.14. The lowest BCUT2D eigenvalue weighted by Crippen LogP contribution is -2.14. The number of aromatic nitrogens is 3. The summed E-state index contributed by atoms with van der Waals surface area (Å²) in [6, 6.07) is 15.3. The van der Waals surface area contributed by atoms with Gasteiger partial charge < -0.3 is 14.8 Å². The highest BCUT2D eigenvalue weighted by atomic mass is 16.5. The molecule has 0 aliphatic rings. The van der Waals surface area contributed by atoms with Gasteiger partial charge in [0.25, 0.3) is 5.89 Å². The van der Waals surface area contributed by atoms with Gasteiger partial charge in [0.05, 0.1) is 6.42 Å². The molecular weight excluding hydrogens is 316 g/mol. The van der Waals surface area contributed by atoms with Crippen molar-refractivity contribution in [2.45, 2.75) is 13.3 Å². The van der Waals surface area contributed by atoms with E-state index in [-0.39, 0.29) is 5.91 Å². The largest absolute Gasteiger partial charge is 0.361 e.